The van der Waals surface area contributed by atoms with Gasteiger partial charge < -0.3 is 4.74 Å². The second kappa shape index (κ2) is 9.37. The monoisotopic (exact) mass is 408 g/mol. The molecule has 0 unspecified atom stereocenters. The topological polar surface area (TPSA) is 15.7 Å². The van der Waals surface area contributed by atoms with Crippen LogP contribution in [0.2, 0.25) is 0 Å². The van der Waals surface area contributed by atoms with Crippen molar-refractivity contribution in [2.75, 3.05) is 19.7 Å². The van der Waals surface area contributed by atoms with Gasteiger partial charge in [0.2, 0.25) is 0 Å². The number of hydrogen-bond donors (Lipinski definition) is 0. The third kappa shape index (κ3) is 4.86. The molecule has 0 aromatic heterocycles. The maximum absolute atomic E-state index is 14.0. The van der Waals surface area contributed by atoms with Crippen molar-refractivity contribution in [2.45, 2.75) is 26.2 Å². The van der Waals surface area contributed by atoms with Gasteiger partial charge in [-0.3, -0.25) is 9.80 Å². The molecule has 1 fully saturated rings. The van der Waals surface area contributed by atoms with E-state index in [4.69, 9.17) is 4.74 Å². The first kappa shape index (κ1) is 20.5. The Bertz CT molecular complexity index is 960. The zero-order valence-electron chi connectivity index (χ0n) is 17.1. The van der Waals surface area contributed by atoms with Crippen LogP contribution < -0.4 is 4.74 Å². The van der Waals surface area contributed by atoms with Crippen LogP contribution in [0.4, 0.5) is 8.78 Å². The summed E-state index contributed by atoms with van der Waals surface area (Å²) in [6, 6.07) is 21.5. The van der Waals surface area contributed by atoms with E-state index in [1.165, 1.54) is 23.8 Å². The van der Waals surface area contributed by atoms with Crippen molar-refractivity contribution in [3.8, 4) is 5.75 Å². The van der Waals surface area contributed by atoms with Crippen LogP contribution >= 0.6 is 0 Å². The zero-order chi connectivity index (χ0) is 20.9. The van der Waals surface area contributed by atoms with Crippen molar-refractivity contribution in [1.29, 1.82) is 0 Å². The Labute approximate surface area is 176 Å². The normalized spacial score (nSPS) is 17.4. The minimum absolute atomic E-state index is 0.0441. The van der Waals surface area contributed by atoms with E-state index < -0.39 is 0 Å². The maximum Gasteiger partial charge on any atom is 0.123 e. The third-order valence-electron chi connectivity index (χ3n) is 5.43. The molecule has 1 aliphatic rings. The summed E-state index contributed by atoms with van der Waals surface area (Å²) in [6.07, 6.45) is -0.0441. The van der Waals surface area contributed by atoms with Crippen LogP contribution in [-0.2, 0) is 13.1 Å². The molecule has 0 radical (unpaired) electrons. The van der Waals surface area contributed by atoms with E-state index in [1.54, 1.807) is 12.1 Å². The fourth-order valence-corrected chi connectivity index (χ4v) is 4.07. The molecule has 0 aliphatic carbocycles. The van der Waals surface area contributed by atoms with Gasteiger partial charge >= 0.3 is 0 Å². The Morgan fingerprint density at radius 3 is 1.97 bits per heavy atom. The second-order valence-corrected chi connectivity index (χ2v) is 7.57. The predicted octanol–water partition coefficient (Wildman–Crippen LogP) is 5.38. The smallest absolute Gasteiger partial charge is 0.123 e. The van der Waals surface area contributed by atoms with Gasteiger partial charge in [0.1, 0.15) is 17.4 Å². The molecule has 1 heterocycles. The molecule has 0 amide bonds. The van der Waals surface area contributed by atoms with Gasteiger partial charge in [0.15, 0.2) is 0 Å². The quantitative estimate of drug-likeness (QED) is 0.522. The minimum Gasteiger partial charge on any atom is -0.494 e. The molecule has 156 valence electrons. The third-order valence-corrected chi connectivity index (χ3v) is 5.43. The van der Waals surface area contributed by atoms with Crippen molar-refractivity contribution < 1.29 is 13.5 Å². The van der Waals surface area contributed by atoms with Gasteiger partial charge in [-0.2, -0.15) is 0 Å². The lowest BCUT2D eigenvalue weighted by atomic mass is 10.1. The Morgan fingerprint density at radius 2 is 1.40 bits per heavy atom. The highest BCUT2D eigenvalue weighted by atomic mass is 19.1. The van der Waals surface area contributed by atoms with Crippen LogP contribution in [0.15, 0.2) is 72.8 Å². The number of ether oxygens (including phenoxy) is 1. The largest absolute Gasteiger partial charge is 0.494 e. The number of rotatable bonds is 7. The molecule has 1 aliphatic heterocycles. The van der Waals surface area contributed by atoms with Crippen LogP contribution in [-0.4, -0.2) is 29.5 Å². The van der Waals surface area contributed by atoms with Gasteiger partial charge in [0, 0.05) is 26.2 Å². The molecule has 0 saturated carbocycles. The molecule has 30 heavy (non-hydrogen) atoms. The summed E-state index contributed by atoms with van der Waals surface area (Å²) < 4.78 is 32.8. The summed E-state index contributed by atoms with van der Waals surface area (Å²) >= 11 is 0. The molecular formula is C25H26F2N2O. The lowest BCUT2D eigenvalue weighted by Crippen LogP contribution is -2.30. The lowest BCUT2D eigenvalue weighted by Gasteiger charge is -2.31. The molecule has 5 heteroatoms. The molecule has 3 aromatic rings. The average Bonchev–Trinajstić information content (AvgIpc) is 3.13. The minimum atomic E-state index is -0.237. The van der Waals surface area contributed by atoms with Crippen molar-refractivity contribution in [3.63, 3.8) is 0 Å². The highest BCUT2D eigenvalue weighted by molar-refractivity contribution is 5.28. The second-order valence-electron chi connectivity index (χ2n) is 7.57. The predicted molar refractivity (Wildman–Crippen MR) is 114 cm³/mol. The first-order valence-electron chi connectivity index (χ1n) is 10.3. The van der Waals surface area contributed by atoms with Crippen LogP contribution in [0.25, 0.3) is 0 Å². The van der Waals surface area contributed by atoms with E-state index in [2.05, 4.69) is 21.9 Å². The first-order chi connectivity index (χ1) is 14.6. The summed E-state index contributed by atoms with van der Waals surface area (Å²) in [5.41, 5.74) is 3.16. The standard InChI is InChI=1S/C25H26F2N2O/c1-2-30-24-12-8-20(9-13-24)18-29-15-14-28(17-19-6-10-22(26)11-7-19)25(29)21-4-3-5-23(27)16-21/h3-13,16,25H,2,14-15,17-18H2,1H3/t25-/m0/s1. The van der Waals surface area contributed by atoms with Crippen LogP contribution in [0.3, 0.4) is 0 Å². The molecule has 0 bridgehead atoms. The van der Waals surface area contributed by atoms with Gasteiger partial charge in [-0.15, -0.1) is 0 Å². The molecule has 3 nitrogen and oxygen atoms in total. The van der Waals surface area contributed by atoms with Gasteiger partial charge in [-0.25, -0.2) is 8.78 Å². The van der Waals surface area contributed by atoms with E-state index in [9.17, 15) is 8.78 Å². The summed E-state index contributed by atoms with van der Waals surface area (Å²) in [5.74, 6) is 0.392. The first-order valence-corrected chi connectivity index (χ1v) is 10.3. The summed E-state index contributed by atoms with van der Waals surface area (Å²) in [6.45, 7) is 5.78. The maximum atomic E-state index is 14.0. The van der Waals surface area contributed by atoms with Crippen molar-refractivity contribution >= 4 is 0 Å². The lowest BCUT2D eigenvalue weighted by molar-refractivity contribution is 0.125. The SMILES string of the molecule is CCOc1ccc(CN2CCN(Cc3ccc(F)cc3)[C@@H]2c2cccc(F)c2)cc1. The van der Waals surface area contributed by atoms with Crippen molar-refractivity contribution in [1.82, 2.24) is 9.80 Å². The Morgan fingerprint density at radius 1 is 0.800 bits per heavy atom. The van der Waals surface area contributed by atoms with Gasteiger partial charge in [0.25, 0.3) is 0 Å². The molecule has 3 aromatic carbocycles. The number of hydrogen-bond acceptors (Lipinski definition) is 3. The van der Waals surface area contributed by atoms with Crippen molar-refractivity contribution in [2.24, 2.45) is 0 Å². The zero-order valence-corrected chi connectivity index (χ0v) is 17.1. The Hall–Kier alpha value is -2.76. The molecule has 1 atom stereocenters. The van der Waals surface area contributed by atoms with Gasteiger partial charge in [-0.1, -0.05) is 36.4 Å². The molecule has 0 spiro atoms. The number of nitrogens with zero attached hydrogens (tertiary/aromatic N) is 2. The van der Waals surface area contributed by atoms with E-state index in [1.807, 2.05) is 37.3 Å². The average molecular weight is 408 g/mol. The van der Waals surface area contributed by atoms with E-state index in [-0.39, 0.29) is 17.8 Å². The summed E-state index contributed by atoms with van der Waals surface area (Å²) in [7, 11) is 0. The Kier molecular flexibility index (Phi) is 6.41. The Balaban J connectivity index is 1.56. The van der Waals surface area contributed by atoms with Crippen LogP contribution in [0.1, 0.15) is 29.8 Å². The molecule has 4 rings (SSSR count). The summed E-state index contributed by atoms with van der Waals surface area (Å²) in [5, 5.41) is 0. The van der Waals surface area contributed by atoms with E-state index >= 15 is 0 Å². The number of halogens is 2. The fourth-order valence-electron chi connectivity index (χ4n) is 4.07. The van der Waals surface area contributed by atoms with Crippen LogP contribution in [0, 0.1) is 11.6 Å². The van der Waals surface area contributed by atoms with Gasteiger partial charge in [-0.05, 0) is 60.0 Å². The highest BCUT2D eigenvalue weighted by Crippen LogP contribution is 2.33. The fraction of sp³-hybridized carbons (Fsp3) is 0.280. The molecule has 0 N–H and O–H groups in total. The van der Waals surface area contributed by atoms with E-state index in [0.717, 1.165) is 36.5 Å². The van der Waals surface area contributed by atoms with Crippen molar-refractivity contribution in [3.05, 3.63) is 101 Å². The molecular weight excluding hydrogens is 382 g/mol. The highest BCUT2D eigenvalue weighted by Gasteiger charge is 2.33. The molecule has 1 saturated heterocycles. The summed E-state index contributed by atoms with van der Waals surface area (Å²) in [4.78, 5) is 4.67. The number of benzene rings is 3. The van der Waals surface area contributed by atoms with E-state index in [0.29, 0.717) is 13.2 Å². The van der Waals surface area contributed by atoms with Crippen LogP contribution in [0.5, 0.6) is 5.75 Å². The van der Waals surface area contributed by atoms with Gasteiger partial charge in [0.05, 0.1) is 12.8 Å².